The maximum absolute atomic E-state index is 12.0. The molecule has 6 heteroatoms. The number of nitrogens with two attached hydrogens (primary N) is 1. The second-order valence-corrected chi connectivity index (χ2v) is 6.52. The monoisotopic (exact) mass is 335 g/mol. The van der Waals surface area contributed by atoms with Gasteiger partial charge in [-0.3, -0.25) is 9.59 Å². The third-order valence-electron chi connectivity index (χ3n) is 3.55. The molecule has 4 N–H and O–H groups in total. The van der Waals surface area contributed by atoms with Crippen molar-refractivity contribution in [3.63, 3.8) is 0 Å². The molecule has 1 aromatic rings. The van der Waals surface area contributed by atoms with Crippen LogP contribution in [-0.4, -0.2) is 30.5 Å². The van der Waals surface area contributed by atoms with E-state index in [9.17, 15) is 9.59 Å². The maximum atomic E-state index is 12.0. The molecule has 2 amide bonds. The summed E-state index contributed by atoms with van der Waals surface area (Å²) in [5.74, 6) is 0.206. The predicted molar refractivity (Wildman–Crippen MR) is 94.6 cm³/mol. The van der Waals surface area contributed by atoms with E-state index >= 15 is 0 Å². The van der Waals surface area contributed by atoms with E-state index in [2.05, 4.69) is 10.6 Å². The number of amides is 2. The Morgan fingerprint density at radius 2 is 1.83 bits per heavy atom. The number of hydrogen-bond acceptors (Lipinski definition) is 4. The molecule has 0 radical (unpaired) electrons. The highest BCUT2D eigenvalue weighted by Crippen LogP contribution is 2.19. The second kappa shape index (κ2) is 9.27. The molecule has 0 heterocycles. The van der Waals surface area contributed by atoms with Crippen molar-refractivity contribution in [1.82, 2.24) is 10.6 Å². The number of ether oxygens (including phenoxy) is 1. The van der Waals surface area contributed by atoms with Gasteiger partial charge in [0.1, 0.15) is 5.75 Å². The van der Waals surface area contributed by atoms with Crippen molar-refractivity contribution in [1.29, 1.82) is 0 Å². The van der Waals surface area contributed by atoms with Gasteiger partial charge in [-0.1, -0.05) is 26.0 Å². The zero-order valence-corrected chi connectivity index (χ0v) is 15.1. The highest BCUT2D eigenvalue weighted by atomic mass is 16.5. The van der Waals surface area contributed by atoms with Crippen LogP contribution in [0.3, 0.4) is 0 Å². The van der Waals surface area contributed by atoms with Gasteiger partial charge in [-0.25, -0.2) is 0 Å². The van der Waals surface area contributed by atoms with E-state index in [0.29, 0.717) is 0 Å². The highest BCUT2D eigenvalue weighted by Gasteiger charge is 2.18. The number of nitrogens with one attached hydrogen (secondary N) is 2. The Bertz CT molecular complexity index is 558. The van der Waals surface area contributed by atoms with Crippen LogP contribution in [0.1, 0.15) is 46.2 Å². The van der Waals surface area contributed by atoms with E-state index in [1.807, 2.05) is 58.9 Å². The van der Waals surface area contributed by atoms with Crippen molar-refractivity contribution >= 4 is 11.8 Å². The van der Waals surface area contributed by atoms with Gasteiger partial charge in [0.25, 0.3) is 0 Å². The SMILES string of the molecule is CC(C)Oc1cccc(C(C)NC(=O)CNC(=O)[C@@H](N)C(C)C)c1. The topological polar surface area (TPSA) is 93.5 Å². The lowest BCUT2D eigenvalue weighted by atomic mass is 10.1. The van der Waals surface area contributed by atoms with Gasteiger partial charge in [-0.2, -0.15) is 0 Å². The Kier molecular flexibility index (Phi) is 7.71. The number of carbonyl (C=O) groups is 2. The van der Waals surface area contributed by atoms with Gasteiger partial charge in [-0.05, 0) is 44.4 Å². The molecule has 134 valence electrons. The summed E-state index contributed by atoms with van der Waals surface area (Å²) >= 11 is 0. The molecule has 0 aromatic heterocycles. The Balaban J connectivity index is 2.53. The average Bonchev–Trinajstić information content (AvgIpc) is 2.51. The Labute approximate surface area is 144 Å². The van der Waals surface area contributed by atoms with Crippen LogP contribution in [0.15, 0.2) is 24.3 Å². The molecule has 24 heavy (non-hydrogen) atoms. The van der Waals surface area contributed by atoms with Crippen LogP contribution < -0.4 is 21.1 Å². The van der Waals surface area contributed by atoms with Crippen LogP contribution >= 0.6 is 0 Å². The summed E-state index contributed by atoms with van der Waals surface area (Å²) in [5, 5.41) is 5.41. The van der Waals surface area contributed by atoms with Crippen LogP contribution in [0.4, 0.5) is 0 Å². The fourth-order valence-corrected chi connectivity index (χ4v) is 2.09. The normalized spacial score (nSPS) is 13.5. The number of rotatable bonds is 8. The van der Waals surface area contributed by atoms with E-state index < -0.39 is 6.04 Å². The lowest BCUT2D eigenvalue weighted by Crippen LogP contribution is -2.47. The molecule has 2 atom stereocenters. The molecule has 1 aromatic carbocycles. The molecule has 0 bridgehead atoms. The van der Waals surface area contributed by atoms with Crippen LogP contribution in [0.5, 0.6) is 5.75 Å². The van der Waals surface area contributed by atoms with E-state index in [-0.39, 0.29) is 36.4 Å². The summed E-state index contributed by atoms with van der Waals surface area (Å²) < 4.78 is 5.65. The molecule has 1 unspecified atom stereocenters. The standard InChI is InChI=1S/C18H29N3O3/c1-11(2)17(19)18(23)20-10-16(22)21-13(5)14-7-6-8-15(9-14)24-12(3)4/h6-9,11-13,17H,10,19H2,1-5H3,(H,20,23)(H,21,22)/t13?,17-/m0/s1. The molecule has 6 nitrogen and oxygen atoms in total. The van der Waals surface area contributed by atoms with E-state index in [0.717, 1.165) is 11.3 Å². The van der Waals surface area contributed by atoms with Crippen LogP contribution in [-0.2, 0) is 9.59 Å². The van der Waals surface area contributed by atoms with Gasteiger partial charge in [-0.15, -0.1) is 0 Å². The minimum absolute atomic E-state index is 0.0238. The van der Waals surface area contributed by atoms with Crippen molar-refractivity contribution < 1.29 is 14.3 Å². The molecule has 0 fully saturated rings. The lowest BCUT2D eigenvalue weighted by Gasteiger charge is -2.18. The van der Waals surface area contributed by atoms with Crippen molar-refractivity contribution in [2.75, 3.05) is 6.54 Å². The van der Waals surface area contributed by atoms with Gasteiger partial charge >= 0.3 is 0 Å². The first-order chi connectivity index (χ1) is 11.2. The van der Waals surface area contributed by atoms with Crippen molar-refractivity contribution in [3.05, 3.63) is 29.8 Å². The predicted octanol–water partition coefficient (Wildman–Crippen LogP) is 1.75. The van der Waals surface area contributed by atoms with E-state index in [1.54, 1.807) is 0 Å². The lowest BCUT2D eigenvalue weighted by molar-refractivity contribution is -0.127. The maximum Gasteiger partial charge on any atom is 0.239 e. The van der Waals surface area contributed by atoms with Crippen LogP contribution in [0.2, 0.25) is 0 Å². The fraction of sp³-hybridized carbons (Fsp3) is 0.556. The van der Waals surface area contributed by atoms with Crippen LogP contribution in [0, 0.1) is 5.92 Å². The summed E-state index contributed by atoms with van der Waals surface area (Å²) in [6.45, 7) is 9.43. The first-order valence-electron chi connectivity index (χ1n) is 8.30. The van der Waals surface area contributed by atoms with Gasteiger partial charge in [0.2, 0.25) is 11.8 Å². The van der Waals surface area contributed by atoms with Gasteiger partial charge < -0.3 is 21.1 Å². The van der Waals surface area contributed by atoms with Gasteiger partial charge in [0.15, 0.2) is 0 Å². The molecular weight excluding hydrogens is 306 g/mol. The van der Waals surface area contributed by atoms with Crippen molar-refractivity contribution in [2.45, 2.75) is 52.8 Å². The second-order valence-electron chi connectivity index (χ2n) is 6.52. The number of hydrogen-bond donors (Lipinski definition) is 3. The molecular formula is C18H29N3O3. The Hall–Kier alpha value is -2.08. The van der Waals surface area contributed by atoms with Crippen molar-refractivity contribution in [3.8, 4) is 5.75 Å². The molecule has 0 aliphatic carbocycles. The van der Waals surface area contributed by atoms with Gasteiger partial charge in [0.05, 0.1) is 24.7 Å². The smallest absolute Gasteiger partial charge is 0.239 e. The number of carbonyl (C=O) groups excluding carboxylic acids is 2. The minimum atomic E-state index is -0.611. The highest BCUT2D eigenvalue weighted by molar-refractivity contribution is 5.87. The molecule has 0 saturated carbocycles. The molecule has 0 aliphatic heterocycles. The Morgan fingerprint density at radius 1 is 1.17 bits per heavy atom. The summed E-state index contributed by atoms with van der Waals surface area (Å²) in [6, 6.07) is 6.79. The zero-order chi connectivity index (χ0) is 18.3. The molecule has 0 saturated heterocycles. The quantitative estimate of drug-likeness (QED) is 0.675. The summed E-state index contributed by atoms with van der Waals surface area (Å²) in [7, 11) is 0. The first-order valence-corrected chi connectivity index (χ1v) is 8.30. The van der Waals surface area contributed by atoms with Crippen molar-refractivity contribution in [2.24, 2.45) is 11.7 Å². The van der Waals surface area contributed by atoms with E-state index in [4.69, 9.17) is 10.5 Å². The molecule has 1 rings (SSSR count). The molecule has 0 spiro atoms. The third-order valence-corrected chi connectivity index (χ3v) is 3.55. The summed E-state index contributed by atoms with van der Waals surface area (Å²) in [4.78, 5) is 23.7. The van der Waals surface area contributed by atoms with Crippen LogP contribution in [0.25, 0.3) is 0 Å². The zero-order valence-electron chi connectivity index (χ0n) is 15.1. The molecule has 0 aliphatic rings. The Morgan fingerprint density at radius 3 is 2.42 bits per heavy atom. The van der Waals surface area contributed by atoms with Gasteiger partial charge in [0, 0.05) is 0 Å². The number of benzene rings is 1. The summed E-state index contributed by atoms with van der Waals surface area (Å²) in [6.07, 6.45) is 0.0884. The third kappa shape index (κ3) is 6.58. The average molecular weight is 335 g/mol. The largest absolute Gasteiger partial charge is 0.491 e. The van der Waals surface area contributed by atoms with E-state index in [1.165, 1.54) is 0 Å². The summed E-state index contributed by atoms with van der Waals surface area (Å²) in [5.41, 5.74) is 6.67. The minimum Gasteiger partial charge on any atom is -0.491 e. The first kappa shape index (κ1) is 20.0. The fourth-order valence-electron chi connectivity index (χ4n) is 2.09.